The summed E-state index contributed by atoms with van der Waals surface area (Å²) in [6.07, 6.45) is 4.28. The lowest BCUT2D eigenvalue weighted by atomic mass is 9.88. The fourth-order valence-electron chi connectivity index (χ4n) is 5.47. The van der Waals surface area contributed by atoms with E-state index in [0.717, 1.165) is 39.0 Å². The van der Waals surface area contributed by atoms with Gasteiger partial charge in [0.15, 0.2) is 11.5 Å². The van der Waals surface area contributed by atoms with Gasteiger partial charge in [0, 0.05) is 39.9 Å². The van der Waals surface area contributed by atoms with E-state index in [4.69, 9.17) is 4.52 Å². The molecule has 1 saturated heterocycles. The van der Waals surface area contributed by atoms with Crippen molar-refractivity contribution in [1.29, 1.82) is 0 Å². The van der Waals surface area contributed by atoms with Crippen LogP contribution in [0.15, 0.2) is 53.3 Å². The van der Waals surface area contributed by atoms with Crippen molar-refractivity contribution in [3.8, 4) is 22.5 Å². The minimum atomic E-state index is -1.34. The van der Waals surface area contributed by atoms with Gasteiger partial charge in [0.05, 0.1) is 11.7 Å². The zero-order chi connectivity index (χ0) is 30.4. The molecule has 230 valence electrons. The van der Waals surface area contributed by atoms with E-state index in [-0.39, 0.29) is 29.8 Å². The lowest BCUT2D eigenvalue weighted by Gasteiger charge is -2.30. The van der Waals surface area contributed by atoms with E-state index in [1.165, 1.54) is 0 Å². The van der Waals surface area contributed by atoms with Gasteiger partial charge in [0.25, 0.3) is 0 Å². The molecule has 0 bridgehead atoms. The molecular formula is C32H36ClFN8O2. The molecule has 0 saturated carbocycles. The maximum atomic E-state index is 15.4. The molecule has 5 aromatic rings. The van der Waals surface area contributed by atoms with E-state index in [0.29, 0.717) is 43.0 Å². The number of piperidine rings is 1. The Kier molecular flexibility index (Phi) is 8.55. The van der Waals surface area contributed by atoms with Crippen LogP contribution < -0.4 is 10.6 Å². The second-order valence-electron chi connectivity index (χ2n) is 12.3. The number of hydrogen-bond acceptors (Lipinski definition) is 8. The SMILES string of the molecule is Cc1cc(-c2n[nH]c3ncc(-c4ccc(C5(F)CCNCC5)cn4)cc23)ccc1C(C)NC(=O)c1nc(C(C)(C)C)no1.Cl. The van der Waals surface area contributed by atoms with Gasteiger partial charge in [-0.25, -0.2) is 9.37 Å². The van der Waals surface area contributed by atoms with E-state index in [1.807, 2.05) is 71.0 Å². The molecule has 1 amide bonds. The average molecular weight is 619 g/mol. The van der Waals surface area contributed by atoms with Crippen LogP contribution in [-0.4, -0.2) is 49.3 Å². The largest absolute Gasteiger partial charge is 0.341 e. The second kappa shape index (κ2) is 12.0. The minimum Gasteiger partial charge on any atom is -0.341 e. The first kappa shape index (κ1) is 31.2. The van der Waals surface area contributed by atoms with E-state index in [9.17, 15) is 4.79 Å². The van der Waals surface area contributed by atoms with E-state index in [2.05, 4.69) is 40.9 Å². The van der Waals surface area contributed by atoms with Gasteiger partial charge in [-0.05, 0) is 69.1 Å². The van der Waals surface area contributed by atoms with Crippen molar-refractivity contribution in [2.75, 3.05) is 13.1 Å². The van der Waals surface area contributed by atoms with E-state index >= 15 is 4.39 Å². The van der Waals surface area contributed by atoms with Crippen LogP contribution in [0.5, 0.6) is 0 Å². The molecule has 12 heteroatoms. The summed E-state index contributed by atoms with van der Waals surface area (Å²) < 4.78 is 20.6. The summed E-state index contributed by atoms with van der Waals surface area (Å²) in [6, 6.07) is 11.4. The van der Waals surface area contributed by atoms with E-state index < -0.39 is 11.6 Å². The number of benzene rings is 1. The molecule has 1 fully saturated rings. The molecule has 1 aromatic carbocycles. The predicted octanol–water partition coefficient (Wildman–Crippen LogP) is 6.14. The number of aromatic nitrogens is 6. The summed E-state index contributed by atoms with van der Waals surface area (Å²) in [5, 5.41) is 18.5. The van der Waals surface area contributed by atoms with Crippen molar-refractivity contribution in [2.24, 2.45) is 0 Å². The van der Waals surface area contributed by atoms with Crippen molar-refractivity contribution in [1.82, 2.24) is 40.9 Å². The van der Waals surface area contributed by atoms with Gasteiger partial charge in [-0.3, -0.25) is 14.9 Å². The first-order chi connectivity index (χ1) is 20.5. The normalized spacial score (nSPS) is 15.5. The van der Waals surface area contributed by atoms with Crippen LogP contribution in [0.4, 0.5) is 4.39 Å². The fraction of sp³-hybridized carbons (Fsp3) is 0.375. The van der Waals surface area contributed by atoms with Crippen molar-refractivity contribution >= 4 is 29.3 Å². The molecule has 1 unspecified atom stereocenters. The first-order valence-electron chi connectivity index (χ1n) is 14.5. The van der Waals surface area contributed by atoms with Crippen molar-refractivity contribution in [3.05, 3.63) is 77.2 Å². The Bertz CT molecular complexity index is 1790. The van der Waals surface area contributed by atoms with Crippen LogP contribution >= 0.6 is 12.4 Å². The van der Waals surface area contributed by atoms with Crippen LogP contribution in [0.2, 0.25) is 0 Å². The monoisotopic (exact) mass is 618 g/mol. The van der Waals surface area contributed by atoms with Crippen molar-refractivity contribution in [3.63, 3.8) is 0 Å². The fourth-order valence-corrected chi connectivity index (χ4v) is 5.47. The Hall–Kier alpha value is -4.22. The molecule has 1 atom stereocenters. The number of fused-ring (bicyclic) bond motifs is 1. The number of pyridine rings is 2. The highest BCUT2D eigenvalue weighted by atomic mass is 35.5. The topological polar surface area (TPSA) is 135 Å². The quantitative estimate of drug-likeness (QED) is 0.207. The summed E-state index contributed by atoms with van der Waals surface area (Å²) in [7, 11) is 0. The molecule has 4 aromatic heterocycles. The average Bonchev–Trinajstić information content (AvgIpc) is 3.66. The number of amides is 1. The van der Waals surface area contributed by atoms with Crippen LogP contribution in [-0.2, 0) is 11.1 Å². The van der Waals surface area contributed by atoms with E-state index in [1.54, 1.807) is 12.4 Å². The van der Waals surface area contributed by atoms with Gasteiger partial charge in [-0.1, -0.05) is 44.1 Å². The number of alkyl halides is 1. The third kappa shape index (κ3) is 6.07. The summed E-state index contributed by atoms with van der Waals surface area (Å²) in [4.78, 5) is 26.2. The highest BCUT2D eigenvalue weighted by molar-refractivity contribution is 5.93. The number of aryl methyl sites for hydroxylation is 1. The molecule has 6 rings (SSSR count). The molecule has 0 aliphatic carbocycles. The van der Waals surface area contributed by atoms with Crippen LogP contribution in [0.25, 0.3) is 33.5 Å². The number of hydrogen-bond donors (Lipinski definition) is 3. The lowest BCUT2D eigenvalue weighted by Crippen LogP contribution is -2.36. The minimum absolute atomic E-state index is 0. The van der Waals surface area contributed by atoms with Crippen molar-refractivity contribution in [2.45, 2.75) is 64.6 Å². The smallest absolute Gasteiger partial charge is 0.315 e. The maximum Gasteiger partial charge on any atom is 0.315 e. The number of nitrogens with one attached hydrogen (secondary N) is 3. The Morgan fingerprint density at radius 3 is 2.50 bits per heavy atom. The van der Waals surface area contributed by atoms with Gasteiger partial charge >= 0.3 is 11.8 Å². The Morgan fingerprint density at radius 2 is 1.84 bits per heavy atom. The molecule has 10 nitrogen and oxygen atoms in total. The molecule has 5 heterocycles. The summed E-state index contributed by atoms with van der Waals surface area (Å²) in [5.41, 5.74) is 4.75. The third-order valence-electron chi connectivity index (χ3n) is 8.04. The van der Waals surface area contributed by atoms with Gasteiger partial charge in [0.1, 0.15) is 11.4 Å². The molecule has 44 heavy (non-hydrogen) atoms. The Labute approximate surface area is 261 Å². The number of carbonyl (C=O) groups is 1. The van der Waals surface area contributed by atoms with Gasteiger partial charge in [0.2, 0.25) is 0 Å². The summed E-state index contributed by atoms with van der Waals surface area (Å²) in [6.45, 7) is 11.1. The predicted molar refractivity (Wildman–Crippen MR) is 168 cm³/mol. The van der Waals surface area contributed by atoms with Gasteiger partial charge in [-0.2, -0.15) is 10.1 Å². The number of rotatable bonds is 6. The Morgan fingerprint density at radius 1 is 1.07 bits per heavy atom. The van der Waals surface area contributed by atoms with Crippen molar-refractivity contribution < 1.29 is 13.7 Å². The number of H-pyrrole nitrogens is 1. The lowest BCUT2D eigenvalue weighted by molar-refractivity contribution is 0.0895. The molecular weight excluding hydrogens is 583 g/mol. The molecule has 3 N–H and O–H groups in total. The maximum absolute atomic E-state index is 15.4. The standard InChI is InChI=1S/C32H35FN8O2.ClH/c1-18-14-20(6-8-23(18)19(2)37-28(42)29-38-30(41-43-29)31(3,4)5)26-24-15-21(16-36-27(24)40-39-26)25-9-7-22(17-35-25)32(33)10-12-34-13-11-32;/h6-9,14-17,19,34H,10-13H2,1-5H3,(H,37,42)(H,36,39,40);1H. The second-order valence-corrected chi connectivity index (χ2v) is 12.3. The summed E-state index contributed by atoms with van der Waals surface area (Å²) >= 11 is 0. The van der Waals surface area contributed by atoms with Gasteiger partial charge in [-0.15, -0.1) is 12.4 Å². The molecule has 1 aliphatic heterocycles. The van der Waals surface area contributed by atoms with Gasteiger partial charge < -0.3 is 15.2 Å². The zero-order valence-corrected chi connectivity index (χ0v) is 26.2. The number of nitrogens with zero attached hydrogens (tertiary/aromatic N) is 5. The zero-order valence-electron chi connectivity index (χ0n) is 25.4. The number of aromatic amines is 1. The molecule has 0 radical (unpaired) electrons. The highest BCUT2D eigenvalue weighted by Crippen LogP contribution is 2.36. The molecule has 0 spiro atoms. The van der Waals surface area contributed by atoms with Crippen LogP contribution in [0, 0.1) is 6.92 Å². The molecule has 1 aliphatic rings. The first-order valence-corrected chi connectivity index (χ1v) is 14.5. The van der Waals surface area contributed by atoms with Crippen LogP contribution in [0.1, 0.15) is 79.8 Å². The number of carbonyl (C=O) groups excluding carboxylic acids is 1. The van der Waals surface area contributed by atoms with Crippen LogP contribution in [0.3, 0.4) is 0 Å². The Balaban J connectivity index is 0.00000384. The number of halogens is 2. The summed E-state index contributed by atoms with van der Waals surface area (Å²) in [5.74, 6) is -0.000199. The highest BCUT2D eigenvalue weighted by Gasteiger charge is 2.34. The third-order valence-corrected chi connectivity index (χ3v) is 8.04.